The van der Waals surface area contributed by atoms with Gasteiger partial charge in [0.15, 0.2) is 0 Å². The summed E-state index contributed by atoms with van der Waals surface area (Å²) in [6, 6.07) is 4.75. The number of hydrogen-bond donors (Lipinski definition) is 3. The molecule has 2 rings (SSSR count). The van der Waals surface area contributed by atoms with Gasteiger partial charge < -0.3 is 11.1 Å². The minimum absolute atomic E-state index is 0.126. The lowest BCUT2D eigenvalue weighted by molar-refractivity contribution is 0.102. The van der Waals surface area contributed by atoms with Gasteiger partial charge in [0.1, 0.15) is 10.7 Å². The van der Waals surface area contributed by atoms with Crippen LogP contribution in [0.2, 0.25) is 0 Å². The zero-order chi connectivity index (χ0) is 18.8. The third kappa shape index (κ3) is 4.85. The van der Waals surface area contributed by atoms with Gasteiger partial charge >= 0.3 is 0 Å². The second kappa shape index (κ2) is 7.20. The second-order valence-corrected chi connectivity index (χ2v) is 9.16. The number of rotatable bonds is 5. The third-order valence-electron chi connectivity index (χ3n) is 3.22. The van der Waals surface area contributed by atoms with Crippen LogP contribution in [0.4, 0.5) is 5.69 Å². The highest BCUT2D eigenvalue weighted by atomic mass is 32.2. The fraction of sp³-hybridized carbons (Fsp3) is 0.375. The van der Waals surface area contributed by atoms with E-state index in [1.165, 1.54) is 17.4 Å². The molecule has 7 nitrogen and oxygen atoms in total. The van der Waals surface area contributed by atoms with E-state index in [0.29, 0.717) is 16.3 Å². The first-order valence-electron chi connectivity index (χ1n) is 7.63. The number of anilines is 1. The Labute approximate surface area is 151 Å². The maximum Gasteiger partial charge on any atom is 0.275 e. The summed E-state index contributed by atoms with van der Waals surface area (Å²) < 4.78 is 27.8. The molecule has 25 heavy (non-hydrogen) atoms. The SMILES string of the molecule is Cc1c(NC(=O)c2csc(CN)n2)cccc1S(=O)(=O)NC(C)(C)C. The Bertz CT molecular complexity index is 883. The summed E-state index contributed by atoms with van der Waals surface area (Å²) in [6.45, 7) is 7.22. The normalized spacial score (nSPS) is 12.2. The molecule has 0 bridgehead atoms. The average molecular weight is 383 g/mol. The van der Waals surface area contributed by atoms with Gasteiger partial charge in [-0.15, -0.1) is 11.3 Å². The van der Waals surface area contributed by atoms with Crippen LogP contribution in [0.5, 0.6) is 0 Å². The molecule has 0 saturated heterocycles. The van der Waals surface area contributed by atoms with E-state index in [2.05, 4.69) is 15.0 Å². The molecule has 0 atom stereocenters. The fourth-order valence-corrected chi connectivity index (χ4v) is 4.54. The van der Waals surface area contributed by atoms with Gasteiger partial charge in [0, 0.05) is 23.2 Å². The number of nitrogens with two attached hydrogens (primary N) is 1. The van der Waals surface area contributed by atoms with Crippen molar-refractivity contribution in [1.82, 2.24) is 9.71 Å². The molecule has 0 aliphatic heterocycles. The number of sulfonamides is 1. The molecular formula is C16H22N4O3S2. The molecule has 1 aromatic carbocycles. The number of benzene rings is 1. The molecule has 0 aliphatic rings. The molecule has 0 unspecified atom stereocenters. The predicted molar refractivity (Wildman–Crippen MR) is 99.2 cm³/mol. The molecule has 0 aliphatic carbocycles. The topological polar surface area (TPSA) is 114 Å². The van der Waals surface area contributed by atoms with E-state index in [0.717, 1.165) is 0 Å². The maximum atomic E-state index is 12.6. The van der Waals surface area contributed by atoms with E-state index in [1.54, 1.807) is 45.2 Å². The Morgan fingerprint density at radius 3 is 2.56 bits per heavy atom. The van der Waals surface area contributed by atoms with Crippen LogP contribution in [0.3, 0.4) is 0 Å². The van der Waals surface area contributed by atoms with Crippen molar-refractivity contribution < 1.29 is 13.2 Å². The van der Waals surface area contributed by atoms with Crippen LogP contribution in [0.25, 0.3) is 0 Å². The van der Waals surface area contributed by atoms with Gasteiger partial charge in [-0.2, -0.15) is 0 Å². The average Bonchev–Trinajstić information content (AvgIpc) is 2.95. The van der Waals surface area contributed by atoms with Crippen LogP contribution < -0.4 is 15.8 Å². The number of carbonyl (C=O) groups is 1. The fourth-order valence-electron chi connectivity index (χ4n) is 2.19. The zero-order valence-electron chi connectivity index (χ0n) is 14.6. The Hall–Kier alpha value is -1.81. The number of nitrogens with zero attached hydrogens (tertiary/aromatic N) is 1. The van der Waals surface area contributed by atoms with Gasteiger partial charge in [-0.25, -0.2) is 18.1 Å². The number of aromatic nitrogens is 1. The molecule has 2 aromatic rings. The van der Waals surface area contributed by atoms with Gasteiger partial charge in [-0.1, -0.05) is 6.07 Å². The predicted octanol–water partition coefficient (Wildman–Crippen LogP) is 2.24. The van der Waals surface area contributed by atoms with E-state index in [9.17, 15) is 13.2 Å². The number of amides is 1. The van der Waals surface area contributed by atoms with Crippen LogP contribution in [0.15, 0.2) is 28.5 Å². The largest absolute Gasteiger partial charge is 0.325 e. The minimum Gasteiger partial charge on any atom is -0.325 e. The lowest BCUT2D eigenvalue weighted by Crippen LogP contribution is -2.40. The van der Waals surface area contributed by atoms with Crippen LogP contribution in [0, 0.1) is 6.92 Å². The number of carbonyl (C=O) groups excluding carboxylic acids is 1. The summed E-state index contributed by atoms with van der Waals surface area (Å²) in [5, 5.41) is 4.99. The van der Waals surface area contributed by atoms with E-state index < -0.39 is 21.5 Å². The van der Waals surface area contributed by atoms with Gasteiger partial charge in [-0.05, 0) is 45.4 Å². The van der Waals surface area contributed by atoms with Gasteiger partial charge in [0.25, 0.3) is 5.91 Å². The molecule has 0 radical (unpaired) electrons. The molecule has 4 N–H and O–H groups in total. The van der Waals surface area contributed by atoms with Gasteiger partial charge in [-0.3, -0.25) is 4.79 Å². The Kier molecular flexibility index (Phi) is 5.62. The summed E-state index contributed by atoms with van der Waals surface area (Å²) in [5.74, 6) is -0.405. The third-order valence-corrected chi connectivity index (χ3v) is 5.99. The lowest BCUT2D eigenvalue weighted by Gasteiger charge is -2.21. The minimum atomic E-state index is -3.70. The summed E-state index contributed by atoms with van der Waals surface area (Å²) in [5.41, 5.74) is 6.03. The van der Waals surface area contributed by atoms with Crippen molar-refractivity contribution in [3.63, 3.8) is 0 Å². The summed E-state index contributed by atoms with van der Waals surface area (Å²) >= 11 is 1.30. The standard InChI is InChI=1S/C16H22N4O3S2/c1-10-11(19-15(21)12-9-24-14(8-17)18-12)6-5-7-13(10)25(22,23)20-16(2,3)4/h5-7,9,20H,8,17H2,1-4H3,(H,19,21). The molecule has 9 heteroatoms. The Morgan fingerprint density at radius 2 is 2.00 bits per heavy atom. The van der Waals surface area contributed by atoms with Crippen molar-refractivity contribution in [2.75, 3.05) is 5.32 Å². The molecule has 1 heterocycles. The Balaban J connectivity index is 2.30. The van der Waals surface area contributed by atoms with Crippen molar-refractivity contribution in [1.29, 1.82) is 0 Å². The number of nitrogens with one attached hydrogen (secondary N) is 2. The summed E-state index contributed by atoms with van der Waals surface area (Å²) in [6.07, 6.45) is 0. The van der Waals surface area contributed by atoms with Crippen molar-refractivity contribution in [3.05, 3.63) is 39.8 Å². The maximum absolute atomic E-state index is 12.6. The van der Waals surface area contributed by atoms with Crippen molar-refractivity contribution >= 4 is 33.0 Å². The molecular weight excluding hydrogens is 360 g/mol. The van der Waals surface area contributed by atoms with Gasteiger partial charge in [0.2, 0.25) is 10.0 Å². The van der Waals surface area contributed by atoms with E-state index in [4.69, 9.17) is 5.73 Å². The highest BCUT2D eigenvalue weighted by molar-refractivity contribution is 7.89. The molecule has 136 valence electrons. The van der Waals surface area contributed by atoms with Crippen LogP contribution in [0.1, 0.15) is 41.8 Å². The monoisotopic (exact) mass is 382 g/mol. The van der Waals surface area contributed by atoms with Crippen molar-refractivity contribution in [2.45, 2.75) is 44.7 Å². The van der Waals surface area contributed by atoms with Crippen LogP contribution in [-0.2, 0) is 16.6 Å². The first-order chi connectivity index (χ1) is 11.5. The zero-order valence-corrected chi connectivity index (χ0v) is 16.2. The molecule has 0 fully saturated rings. The first-order valence-corrected chi connectivity index (χ1v) is 9.99. The van der Waals surface area contributed by atoms with Crippen LogP contribution in [-0.4, -0.2) is 24.8 Å². The lowest BCUT2D eigenvalue weighted by atomic mass is 10.1. The van der Waals surface area contributed by atoms with E-state index in [-0.39, 0.29) is 17.1 Å². The Morgan fingerprint density at radius 1 is 1.32 bits per heavy atom. The van der Waals surface area contributed by atoms with E-state index in [1.807, 2.05) is 0 Å². The molecule has 1 aromatic heterocycles. The van der Waals surface area contributed by atoms with E-state index >= 15 is 0 Å². The molecule has 0 spiro atoms. The quantitative estimate of drug-likeness (QED) is 0.734. The smallest absolute Gasteiger partial charge is 0.275 e. The summed E-state index contributed by atoms with van der Waals surface area (Å²) in [7, 11) is -3.70. The van der Waals surface area contributed by atoms with Gasteiger partial charge in [0.05, 0.1) is 4.90 Å². The highest BCUT2D eigenvalue weighted by Crippen LogP contribution is 2.24. The molecule has 1 amide bonds. The molecule has 0 saturated carbocycles. The van der Waals surface area contributed by atoms with Crippen molar-refractivity contribution in [2.24, 2.45) is 5.73 Å². The highest BCUT2D eigenvalue weighted by Gasteiger charge is 2.24. The van der Waals surface area contributed by atoms with Crippen LogP contribution >= 0.6 is 11.3 Å². The first kappa shape index (κ1) is 19.5. The summed E-state index contributed by atoms with van der Waals surface area (Å²) in [4.78, 5) is 16.6. The second-order valence-electron chi connectivity index (χ2n) is 6.57. The number of hydrogen-bond acceptors (Lipinski definition) is 6. The van der Waals surface area contributed by atoms with Crippen molar-refractivity contribution in [3.8, 4) is 0 Å². The number of thiazole rings is 1.